The number of nitrogens with one attached hydrogen (secondary N) is 2. The minimum absolute atomic E-state index is 0.0277. The van der Waals surface area contributed by atoms with Crippen molar-refractivity contribution < 1.29 is 26.7 Å². The quantitative estimate of drug-likeness (QED) is 0.369. The molecule has 1 aromatic carbocycles. The number of aryl methyl sites for hydroxylation is 1. The SMILES string of the molecule is CCCc1cc(C2CCN(C(=O)N[C@@H]3CC[C@@H](c4cccc(F)c4F)Cn4c(CC(F)(F)F)cnc43)CC2)c(=O)[nH]n1. The van der Waals surface area contributed by atoms with Crippen LogP contribution in [0.3, 0.4) is 0 Å². The molecule has 0 spiro atoms. The maximum Gasteiger partial charge on any atom is 0.394 e. The van der Waals surface area contributed by atoms with E-state index in [1.165, 1.54) is 16.7 Å². The summed E-state index contributed by atoms with van der Waals surface area (Å²) in [5.74, 6) is -2.44. The number of aromatic amines is 1. The number of alkyl halides is 3. The molecule has 5 rings (SSSR count). The summed E-state index contributed by atoms with van der Waals surface area (Å²) in [6, 6.07) is 4.52. The Morgan fingerprint density at radius 2 is 1.86 bits per heavy atom. The van der Waals surface area contributed by atoms with Gasteiger partial charge in [0.1, 0.15) is 5.82 Å². The number of likely N-dealkylation sites (tertiary alicyclic amines) is 1. The largest absolute Gasteiger partial charge is 0.394 e. The smallest absolute Gasteiger partial charge is 0.329 e. The van der Waals surface area contributed by atoms with Gasteiger partial charge in [-0.2, -0.15) is 18.3 Å². The van der Waals surface area contributed by atoms with Crippen LogP contribution in [0.4, 0.5) is 26.7 Å². The van der Waals surface area contributed by atoms with Crippen LogP contribution in [0.15, 0.2) is 35.3 Å². The van der Waals surface area contributed by atoms with Gasteiger partial charge in [-0.25, -0.2) is 23.7 Å². The van der Waals surface area contributed by atoms with Gasteiger partial charge in [0, 0.05) is 43.0 Å². The molecule has 2 atom stereocenters. The van der Waals surface area contributed by atoms with E-state index in [0.717, 1.165) is 30.8 Å². The number of halogens is 5. The van der Waals surface area contributed by atoms with E-state index in [0.29, 0.717) is 37.9 Å². The van der Waals surface area contributed by atoms with E-state index >= 15 is 0 Å². The van der Waals surface area contributed by atoms with Crippen molar-refractivity contribution in [3.8, 4) is 0 Å². The van der Waals surface area contributed by atoms with Crippen LogP contribution < -0.4 is 10.9 Å². The molecular formula is C29H33F5N6O2. The van der Waals surface area contributed by atoms with Crippen LogP contribution in [-0.4, -0.2) is 49.9 Å². The Morgan fingerprint density at radius 3 is 2.57 bits per heavy atom. The second-order valence-electron chi connectivity index (χ2n) is 11.1. The number of imidazole rings is 1. The fourth-order valence-electron chi connectivity index (χ4n) is 6.08. The number of fused-ring (bicyclic) bond motifs is 1. The Balaban J connectivity index is 1.32. The molecule has 0 radical (unpaired) electrons. The first-order valence-electron chi connectivity index (χ1n) is 14.2. The lowest BCUT2D eigenvalue weighted by Crippen LogP contribution is -2.46. The normalized spacial score (nSPS) is 19.8. The molecule has 2 aliphatic rings. The number of piperidine rings is 1. The molecule has 4 heterocycles. The zero-order valence-electron chi connectivity index (χ0n) is 23.2. The maximum atomic E-state index is 14.7. The second kappa shape index (κ2) is 12.2. The number of urea groups is 1. The van der Waals surface area contributed by atoms with E-state index in [1.54, 1.807) is 4.90 Å². The van der Waals surface area contributed by atoms with Crippen molar-refractivity contribution in [2.45, 2.75) is 82.5 Å². The van der Waals surface area contributed by atoms with E-state index in [9.17, 15) is 31.5 Å². The molecule has 0 aliphatic carbocycles. The molecule has 42 heavy (non-hydrogen) atoms. The highest BCUT2D eigenvalue weighted by molar-refractivity contribution is 5.74. The minimum Gasteiger partial charge on any atom is -0.329 e. The van der Waals surface area contributed by atoms with Gasteiger partial charge in [0.25, 0.3) is 5.56 Å². The third-order valence-corrected chi connectivity index (χ3v) is 8.20. The lowest BCUT2D eigenvalue weighted by Gasteiger charge is -2.33. The van der Waals surface area contributed by atoms with Gasteiger partial charge in [0.15, 0.2) is 11.6 Å². The number of H-pyrrole nitrogens is 1. The summed E-state index contributed by atoms with van der Waals surface area (Å²) in [4.78, 5) is 31.6. The van der Waals surface area contributed by atoms with Gasteiger partial charge >= 0.3 is 12.2 Å². The molecule has 13 heteroatoms. The number of hydrogen-bond donors (Lipinski definition) is 2. The summed E-state index contributed by atoms with van der Waals surface area (Å²) < 4.78 is 70.2. The molecule has 8 nitrogen and oxygen atoms in total. The second-order valence-corrected chi connectivity index (χ2v) is 11.1. The summed E-state index contributed by atoms with van der Waals surface area (Å²) in [7, 11) is 0. The molecule has 2 amide bonds. The van der Waals surface area contributed by atoms with Gasteiger partial charge in [-0.3, -0.25) is 4.79 Å². The summed E-state index contributed by atoms with van der Waals surface area (Å²) in [5, 5.41) is 9.59. The number of aromatic nitrogens is 4. The molecule has 0 bridgehead atoms. The Morgan fingerprint density at radius 1 is 1.10 bits per heavy atom. The molecule has 0 saturated carbocycles. The number of amides is 2. The van der Waals surface area contributed by atoms with Crippen LogP contribution in [0.1, 0.15) is 85.2 Å². The van der Waals surface area contributed by atoms with E-state index in [1.807, 2.05) is 13.0 Å². The van der Waals surface area contributed by atoms with Crippen LogP contribution in [0.25, 0.3) is 0 Å². The maximum absolute atomic E-state index is 14.7. The summed E-state index contributed by atoms with van der Waals surface area (Å²) >= 11 is 0. The molecule has 226 valence electrons. The van der Waals surface area contributed by atoms with Gasteiger partial charge in [0.2, 0.25) is 0 Å². The van der Waals surface area contributed by atoms with Crippen molar-refractivity contribution in [1.82, 2.24) is 30.0 Å². The van der Waals surface area contributed by atoms with Gasteiger partial charge in [-0.05, 0) is 55.7 Å². The number of rotatable bonds is 6. The van der Waals surface area contributed by atoms with Gasteiger partial charge in [-0.15, -0.1) is 0 Å². The van der Waals surface area contributed by atoms with Gasteiger partial charge in [-0.1, -0.05) is 25.5 Å². The highest BCUT2D eigenvalue weighted by Crippen LogP contribution is 2.36. The highest BCUT2D eigenvalue weighted by Gasteiger charge is 2.35. The Labute approximate surface area is 239 Å². The van der Waals surface area contributed by atoms with Crippen LogP contribution in [0.5, 0.6) is 0 Å². The minimum atomic E-state index is -4.50. The number of benzene rings is 1. The van der Waals surface area contributed by atoms with Gasteiger partial charge < -0.3 is 14.8 Å². The average Bonchev–Trinajstić information content (AvgIpc) is 3.23. The lowest BCUT2D eigenvalue weighted by molar-refractivity contribution is -0.128. The number of carbonyl (C=O) groups excluding carboxylic acids is 1. The first kappa shape index (κ1) is 29.7. The van der Waals surface area contributed by atoms with Crippen LogP contribution >= 0.6 is 0 Å². The van der Waals surface area contributed by atoms with Crippen LogP contribution in [-0.2, 0) is 19.4 Å². The first-order valence-corrected chi connectivity index (χ1v) is 14.2. The first-order chi connectivity index (χ1) is 20.0. The summed E-state index contributed by atoms with van der Waals surface area (Å²) in [6.45, 7) is 2.78. The predicted molar refractivity (Wildman–Crippen MR) is 144 cm³/mol. The zero-order valence-corrected chi connectivity index (χ0v) is 23.2. The third-order valence-electron chi connectivity index (χ3n) is 8.20. The Kier molecular flexibility index (Phi) is 8.65. The van der Waals surface area contributed by atoms with Crippen molar-refractivity contribution in [2.24, 2.45) is 0 Å². The van der Waals surface area contributed by atoms with Crippen molar-refractivity contribution in [3.05, 3.63) is 80.8 Å². The standard InChI is InChI=1S/C29H33F5N6O2/c1-2-4-19-13-22(27(41)38-37-19)17-9-11-39(12-10-17)28(42)36-24-8-7-18(21-5-3-6-23(30)25(21)31)16-40-20(14-29(32,33)34)15-35-26(24)40/h3,5-6,13,15,17-18,24H,2,4,7-12,14,16H2,1H3,(H,36,42)(H,38,41)/t18-,24-/m1/s1. The molecule has 1 saturated heterocycles. The van der Waals surface area contributed by atoms with Crippen LogP contribution in [0, 0.1) is 11.6 Å². The van der Waals surface area contributed by atoms with E-state index in [4.69, 9.17) is 0 Å². The number of carbonyl (C=O) groups is 1. The number of nitrogens with zero attached hydrogens (tertiary/aromatic N) is 4. The average molecular weight is 593 g/mol. The fourth-order valence-corrected chi connectivity index (χ4v) is 6.08. The predicted octanol–water partition coefficient (Wildman–Crippen LogP) is 5.51. The monoisotopic (exact) mass is 592 g/mol. The van der Waals surface area contributed by atoms with Crippen LogP contribution in [0.2, 0.25) is 0 Å². The highest BCUT2D eigenvalue weighted by atomic mass is 19.4. The molecule has 2 aliphatic heterocycles. The van der Waals surface area contributed by atoms with Crippen molar-refractivity contribution in [3.63, 3.8) is 0 Å². The third kappa shape index (κ3) is 6.49. The van der Waals surface area contributed by atoms with Crippen molar-refractivity contribution in [2.75, 3.05) is 13.1 Å². The summed E-state index contributed by atoms with van der Waals surface area (Å²) in [6.07, 6.45) is -1.24. The zero-order chi connectivity index (χ0) is 30.0. The molecule has 2 aromatic heterocycles. The molecule has 2 N–H and O–H groups in total. The van der Waals surface area contributed by atoms with Crippen molar-refractivity contribution >= 4 is 6.03 Å². The topological polar surface area (TPSA) is 95.9 Å². The molecule has 3 aromatic rings. The molecule has 1 fully saturated rings. The Bertz CT molecular complexity index is 1480. The summed E-state index contributed by atoms with van der Waals surface area (Å²) in [5.41, 5.74) is 1.22. The lowest BCUT2D eigenvalue weighted by atomic mass is 9.90. The molecule has 0 unspecified atom stereocenters. The fraction of sp³-hybridized carbons (Fsp3) is 0.517. The van der Waals surface area contributed by atoms with E-state index in [-0.39, 0.29) is 41.5 Å². The molecular weight excluding hydrogens is 559 g/mol. The van der Waals surface area contributed by atoms with E-state index in [2.05, 4.69) is 20.5 Å². The number of hydrogen-bond acceptors (Lipinski definition) is 4. The van der Waals surface area contributed by atoms with Gasteiger partial charge in [0.05, 0.1) is 18.2 Å². The van der Waals surface area contributed by atoms with E-state index < -0.39 is 42.2 Å². The Hall–Kier alpha value is -3.77. The van der Waals surface area contributed by atoms with Crippen molar-refractivity contribution in [1.29, 1.82) is 0 Å².